The number of carbonyl (C=O) groups is 2. The summed E-state index contributed by atoms with van der Waals surface area (Å²) in [6, 6.07) is 22.2. The highest BCUT2D eigenvalue weighted by Crippen LogP contribution is 2.46. The van der Waals surface area contributed by atoms with E-state index in [0.717, 1.165) is 41.6 Å². The second kappa shape index (κ2) is 11.3. The molecule has 42 heavy (non-hydrogen) atoms. The van der Waals surface area contributed by atoms with Crippen molar-refractivity contribution >= 4 is 68.4 Å². The lowest BCUT2D eigenvalue weighted by molar-refractivity contribution is -0.112. The molecule has 8 heteroatoms. The zero-order valence-electron chi connectivity index (χ0n) is 23.7. The van der Waals surface area contributed by atoms with Gasteiger partial charge in [0.15, 0.2) is 0 Å². The molecule has 1 aliphatic heterocycles. The van der Waals surface area contributed by atoms with E-state index in [1.54, 1.807) is 29.2 Å². The Labute approximate surface area is 260 Å². The Morgan fingerprint density at radius 3 is 2.36 bits per heavy atom. The number of carbonyl (C=O) groups excluding carboxylic acids is 2. The Morgan fingerprint density at radius 1 is 1.00 bits per heavy atom. The molecule has 1 aliphatic carbocycles. The lowest BCUT2D eigenvalue weighted by Gasteiger charge is -2.33. The second-order valence-corrected chi connectivity index (χ2v) is 13.9. The summed E-state index contributed by atoms with van der Waals surface area (Å²) in [4.78, 5) is 35.7. The van der Waals surface area contributed by atoms with Gasteiger partial charge in [-0.2, -0.15) is 0 Å². The largest absolute Gasteiger partial charge is 0.322 e. The summed E-state index contributed by atoms with van der Waals surface area (Å²) < 4.78 is 0. The van der Waals surface area contributed by atoms with Crippen LogP contribution >= 0.6 is 34.5 Å². The lowest BCUT2D eigenvalue weighted by Crippen LogP contribution is -2.29. The molecule has 2 aliphatic rings. The van der Waals surface area contributed by atoms with E-state index >= 15 is 0 Å². The van der Waals surface area contributed by atoms with Crippen molar-refractivity contribution in [2.75, 3.05) is 10.2 Å². The maximum atomic E-state index is 13.9. The van der Waals surface area contributed by atoms with Crippen LogP contribution in [0.2, 0.25) is 10.0 Å². The third-order valence-electron chi connectivity index (χ3n) is 8.17. The molecule has 214 valence electrons. The van der Waals surface area contributed by atoms with Crippen LogP contribution in [0, 0.1) is 11.3 Å². The zero-order chi connectivity index (χ0) is 29.6. The van der Waals surface area contributed by atoms with Crippen molar-refractivity contribution in [3.8, 4) is 0 Å². The van der Waals surface area contributed by atoms with Gasteiger partial charge in [0.1, 0.15) is 10.7 Å². The summed E-state index contributed by atoms with van der Waals surface area (Å²) >= 11 is 13.7. The van der Waals surface area contributed by atoms with E-state index < -0.39 is 0 Å². The number of hydrogen-bond donors (Lipinski definition) is 1. The van der Waals surface area contributed by atoms with Gasteiger partial charge < -0.3 is 10.2 Å². The van der Waals surface area contributed by atoms with E-state index in [2.05, 4.69) is 26.1 Å². The van der Waals surface area contributed by atoms with E-state index in [1.165, 1.54) is 16.2 Å². The minimum atomic E-state index is -0.222. The van der Waals surface area contributed by atoms with Crippen LogP contribution in [0.15, 0.2) is 77.8 Å². The van der Waals surface area contributed by atoms with E-state index in [9.17, 15) is 9.59 Å². The number of thiophene rings is 1. The van der Waals surface area contributed by atoms with E-state index in [-0.39, 0.29) is 17.2 Å². The first-order valence-corrected chi connectivity index (χ1v) is 15.6. The lowest BCUT2D eigenvalue weighted by atomic mass is 9.72. The molecular formula is C34H31Cl2N3O2S. The number of hydrogen-bond acceptors (Lipinski definition) is 4. The molecule has 0 radical (unpaired) electrons. The van der Waals surface area contributed by atoms with Crippen molar-refractivity contribution in [1.29, 1.82) is 0 Å². The highest BCUT2D eigenvalue weighted by molar-refractivity contribution is 7.16. The van der Waals surface area contributed by atoms with Crippen LogP contribution in [0.5, 0.6) is 0 Å². The molecule has 1 atom stereocenters. The molecule has 4 aromatic rings. The predicted molar refractivity (Wildman–Crippen MR) is 174 cm³/mol. The molecule has 3 aromatic carbocycles. The molecule has 0 saturated heterocycles. The number of benzene rings is 3. The summed E-state index contributed by atoms with van der Waals surface area (Å²) in [6.45, 7) is 7.21. The smallest absolute Gasteiger partial charge is 0.277 e. The van der Waals surface area contributed by atoms with Gasteiger partial charge in [0, 0.05) is 26.2 Å². The van der Waals surface area contributed by atoms with Crippen LogP contribution in [0.4, 0.5) is 16.4 Å². The minimum Gasteiger partial charge on any atom is -0.322 e. The molecule has 5 nitrogen and oxygen atoms in total. The highest BCUT2D eigenvalue weighted by atomic mass is 35.5. The van der Waals surface area contributed by atoms with Gasteiger partial charge in [0.25, 0.3) is 11.8 Å². The third kappa shape index (κ3) is 5.63. The number of para-hydroxylation sites is 1. The number of fused-ring (bicyclic) bond motifs is 2. The molecule has 1 aromatic heterocycles. The monoisotopic (exact) mass is 615 g/mol. The number of anilines is 2. The van der Waals surface area contributed by atoms with Crippen molar-refractivity contribution < 1.29 is 9.59 Å². The fourth-order valence-electron chi connectivity index (χ4n) is 5.75. The first-order chi connectivity index (χ1) is 20.1. The van der Waals surface area contributed by atoms with Gasteiger partial charge in [-0.15, -0.1) is 11.3 Å². The van der Waals surface area contributed by atoms with Gasteiger partial charge in [0.05, 0.1) is 17.8 Å². The number of aliphatic imine (C=N–C) groups is 1. The Balaban J connectivity index is 1.41. The van der Waals surface area contributed by atoms with E-state index in [1.807, 2.05) is 48.5 Å². The number of nitrogens with zero attached hydrogens (tertiary/aromatic N) is 2. The molecular weight excluding hydrogens is 585 g/mol. The van der Waals surface area contributed by atoms with Crippen LogP contribution in [-0.4, -0.2) is 17.5 Å². The number of amides is 2. The summed E-state index contributed by atoms with van der Waals surface area (Å²) in [5.41, 5.74) is 5.30. The molecule has 0 saturated carbocycles. The Kier molecular flexibility index (Phi) is 7.73. The molecule has 6 rings (SSSR count). The predicted octanol–water partition coefficient (Wildman–Crippen LogP) is 9.13. The van der Waals surface area contributed by atoms with Gasteiger partial charge in [0.2, 0.25) is 0 Å². The number of halogens is 2. The Morgan fingerprint density at radius 2 is 1.67 bits per heavy atom. The van der Waals surface area contributed by atoms with E-state index in [0.29, 0.717) is 44.5 Å². The van der Waals surface area contributed by atoms with Crippen molar-refractivity contribution in [3.05, 3.63) is 110 Å². The summed E-state index contributed by atoms with van der Waals surface area (Å²) in [7, 11) is 0. The third-order valence-corrected chi connectivity index (χ3v) is 9.82. The topological polar surface area (TPSA) is 61.8 Å². The normalized spacial score (nSPS) is 17.4. The zero-order valence-corrected chi connectivity index (χ0v) is 26.0. The van der Waals surface area contributed by atoms with Crippen molar-refractivity contribution in [2.24, 2.45) is 16.3 Å². The molecule has 2 amide bonds. The molecule has 0 spiro atoms. The maximum Gasteiger partial charge on any atom is 0.277 e. The van der Waals surface area contributed by atoms with Crippen LogP contribution in [0.25, 0.3) is 0 Å². The van der Waals surface area contributed by atoms with Crippen molar-refractivity contribution in [1.82, 2.24) is 0 Å². The summed E-state index contributed by atoms with van der Waals surface area (Å²) in [5.74, 6) is 0.0920. The Hall–Kier alpha value is -3.45. The van der Waals surface area contributed by atoms with E-state index in [4.69, 9.17) is 28.2 Å². The van der Waals surface area contributed by atoms with Crippen LogP contribution < -0.4 is 10.2 Å². The number of rotatable bonds is 5. The standard InChI is InChI=1S/C34H31Cl2N3O2S/c1-34(2,3)21-10-17-26-28(18-21)42-32(29(26)31(40)37-24-15-13-23(36)14-16-24)38-30-25-6-4-5-7-27(25)39(33(30)41)19-20-8-11-22(35)12-9-20/h4-9,11-16,21H,10,17-19H2,1-3H3,(H,37,40)/t21-/m0/s1. The van der Waals surface area contributed by atoms with Crippen LogP contribution in [0.1, 0.15) is 59.1 Å². The first kappa shape index (κ1) is 28.7. The van der Waals surface area contributed by atoms with Crippen molar-refractivity contribution in [3.63, 3.8) is 0 Å². The minimum absolute atomic E-state index is 0.155. The fraction of sp³-hybridized carbons (Fsp3) is 0.265. The number of nitrogens with one attached hydrogen (secondary N) is 1. The first-order valence-electron chi connectivity index (χ1n) is 14.0. The van der Waals surface area contributed by atoms with Gasteiger partial charge in [-0.1, -0.05) is 74.3 Å². The Bertz CT molecular complexity index is 1700. The van der Waals surface area contributed by atoms with Gasteiger partial charge in [-0.3, -0.25) is 9.59 Å². The molecule has 0 fully saturated rings. The summed E-state index contributed by atoms with van der Waals surface area (Å²) in [6.07, 6.45) is 2.69. The average Bonchev–Trinajstić information content (AvgIpc) is 3.45. The maximum absolute atomic E-state index is 13.9. The molecule has 0 bridgehead atoms. The van der Waals surface area contributed by atoms with Crippen LogP contribution in [0.3, 0.4) is 0 Å². The highest BCUT2D eigenvalue weighted by Gasteiger charge is 2.37. The van der Waals surface area contributed by atoms with Gasteiger partial charge in [-0.05, 0) is 84.2 Å². The quantitative estimate of drug-likeness (QED) is 0.243. The second-order valence-electron chi connectivity index (χ2n) is 11.9. The van der Waals surface area contributed by atoms with Crippen molar-refractivity contribution in [2.45, 2.75) is 46.6 Å². The van der Waals surface area contributed by atoms with Crippen LogP contribution in [-0.2, 0) is 24.2 Å². The molecule has 1 N–H and O–H groups in total. The molecule has 0 unspecified atom stereocenters. The molecule has 2 heterocycles. The van der Waals surface area contributed by atoms with Gasteiger partial charge in [-0.25, -0.2) is 4.99 Å². The SMILES string of the molecule is CC(C)(C)[C@H]1CCc2c(sc(N=C3C(=O)N(Cc4ccc(Cl)cc4)c4ccccc43)c2C(=O)Nc2ccc(Cl)cc2)C1. The van der Waals surface area contributed by atoms with Gasteiger partial charge >= 0.3 is 0 Å². The average molecular weight is 617 g/mol. The fourth-order valence-corrected chi connectivity index (χ4v) is 7.30. The summed E-state index contributed by atoms with van der Waals surface area (Å²) in [5, 5.41) is 4.86.